The summed E-state index contributed by atoms with van der Waals surface area (Å²) in [6.45, 7) is 2.07. The first-order chi connectivity index (χ1) is 18.5. The van der Waals surface area contributed by atoms with Gasteiger partial charge in [0, 0.05) is 36.2 Å². The van der Waals surface area contributed by atoms with Gasteiger partial charge in [0.05, 0.1) is 30.1 Å². The van der Waals surface area contributed by atoms with E-state index in [2.05, 4.69) is 22.4 Å². The third kappa shape index (κ3) is 4.48. The lowest BCUT2D eigenvalue weighted by molar-refractivity contribution is -0.163. The number of hydrogen-bond donors (Lipinski definition) is 2. The van der Waals surface area contributed by atoms with Crippen molar-refractivity contribution < 1.29 is 9.90 Å². The molecular formula is C31H36N4O3. The molecule has 6 rings (SSSR count). The summed E-state index contributed by atoms with van der Waals surface area (Å²) in [5.41, 5.74) is 1.04. The van der Waals surface area contributed by atoms with Crippen molar-refractivity contribution in [3.63, 3.8) is 0 Å². The third-order valence-corrected chi connectivity index (χ3v) is 9.23. The maximum Gasteiger partial charge on any atom is 0.253 e. The molecule has 1 aliphatic carbocycles. The Morgan fingerprint density at radius 1 is 1.03 bits per heavy atom. The molecule has 2 aromatic carbocycles. The van der Waals surface area contributed by atoms with Crippen molar-refractivity contribution in [2.45, 2.75) is 56.7 Å². The molecule has 3 aliphatic rings. The summed E-state index contributed by atoms with van der Waals surface area (Å²) in [6, 6.07) is 21.4. The van der Waals surface area contributed by atoms with Crippen LogP contribution in [0.1, 0.15) is 50.1 Å². The Balaban J connectivity index is 1.22. The summed E-state index contributed by atoms with van der Waals surface area (Å²) >= 11 is 0. The predicted octanol–water partition coefficient (Wildman–Crippen LogP) is 3.78. The van der Waals surface area contributed by atoms with Crippen molar-refractivity contribution in [2.24, 2.45) is 11.3 Å². The maximum atomic E-state index is 13.9. The van der Waals surface area contributed by atoms with Crippen molar-refractivity contribution in [3.8, 4) is 11.3 Å². The van der Waals surface area contributed by atoms with Gasteiger partial charge in [-0.2, -0.15) is 0 Å². The Morgan fingerprint density at radius 3 is 2.45 bits per heavy atom. The van der Waals surface area contributed by atoms with Crippen LogP contribution in [0.15, 0.2) is 77.9 Å². The number of carbonyl (C=O) groups is 1. The fourth-order valence-electron chi connectivity index (χ4n) is 7.09. The van der Waals surface area contributed by atoms with Crippen LogP contribution >= 0.6 is 0 Å². The number of likely N-dealkylation sites (tertiary alicyclic amines) is 1. The molecule has 1 spiro atoms. The first kappa shape index (κ1) is 25.0. The van der Waals surface area contributed by atoms with Crippen LogP contribution in [0.5, 0.6) is 0 Å². The van der Waals surface area contributed by atoms with Gasteiger partial charge in [-0.25, -0.2) is 4.98 Å². The molecule has 2 saturated heterocycles. The van der Waals surface area contributed by atoms with E-state index in [-0.39, 0.29) is 30.0 Å². The van der Waals surface area contributed by atoms with Crippen molar-refractivity contribution in [3.05, 3.63) is 89.0 Å². The van der Waals surface area contributed by atoms with Crippen molar-refractivity contribution in [1.82, 2.24) is 19.8 Å². The third-order valence-electron chi connectivity index (χ3n) is 9.23. The van der Waals surface area contributed by atoms with Crippen LogP contribution < -0.4 is 10.9 Å². The number of piperidine rings is 1. The molecular weight excluding hydrogens is 476 g/mol. The summed E-state index contributed by atoms with van der Waals surface area (Å²) < 4.78 is 1.55. The molecule has 0 radical (unpaired) electrons. The molecule has 3 heterocycles. The van der Waals surface area contributed by atoms with Crippen LogP contribution in [-0.4, -0.2) is 50.7 Å². The second-order valence-corrected chi connectivity index (χ2v) is 11.4. The minimum Gasteiger partial charge on any atom is -0.387 e. The van der Waals surface area contributed by atoms with Crippen LogP contribution in [-0.2, 0) is 11.3 Å². The normalized spacial score (nSPS) is 26.6. The zero-order valence-corrected chi connectivity index (χ0v) is 21.8. The van der Waals surface area contributed by atoms with E-state index in [0.29, 0.717) is 25.2 Å². The molecule has 3 aromatic rings. The Kier molecular flexibility index (Phi) is 6.66. The van der Waals surface area contributed by atoms with E-state index in [1.165, 1.54) is 0 Å². The van der Waals surface area contributed by atoms with Gasteiger partial charge >= 0.3 is 0 Å². The number of benzene rings is 2. The standard InChI is InChI=1S/C31H36N4O3/c36-27-19-26(23-9-3-1-4-10-23)33-22-35(27)21-31(38)16-18-34(20-30(31)14-7-8-15-30)29(37)25-13-17-32-28(25)24-11-5-2-6-12-24/h1-6,9-12,19,22,25,28,32,38H,7-8,13-18,20-21H2/t25?,28?,31-/m1/s1. The summed E-state index contributed by atoms with van der Waals surface area (Å²) in [7, 11) is 0. The molecule has 2 unspecified atom stereocenters. The van der Waals surface area contributed by atoms with Crippen molar-refractivity contribution in [2.75, 3.05) is 19.6 Å². The van der Waals surface area contributed by atoms with Gasteiger partial charge < -0.3 is 15.3 Å². The number of carbonyl (C=O) groups excluding carboxylic acids is 1. The zero-order valence-electron chi connectivity index (χ0n) is 21.8. The Hall–Kier alpha value is -3.29. The molecule has 7 nitrogen and oxygen atoms in total. The summed E-state index contributed by atoms with van der Waals surface area (Å²) in [4.78, 5) is 33.5. The van der Waals surface area contributed by atoms with Crippen LogP contribution in [0.25, 0.3) is 11.3 Å². The van der Waals surface area contributed by atoms with E-state index >= 15 is 0 Å². The smallest absolute Gasteiger partial charge is 0.253 e. The van der Waals surface area contributed by atoms with Gasteiger partial charge in [-0.15, -0.1) is 0 Å². The van der Waals surface area contributed by atoms with E-state index in [1.54, 1.807) is 17.0 Å². The lowest BCUT2D eigenvalue weighted by Crippen LogP contribution is -2.62. The Labute approximate surface area is 223 Å². The fraction of sp³-hybridized carbons (Fsp3) is 0.452. The van der Waals surface area contributed by atoms with Gasteiger partial charge in [0.15, 0.2) is 0 Å². The van der Waals surface area contributed by atoms with Crippen molar-refractivity contribution in [1.29, 1.82) is 0 Å². The highest BCUT2D eigenvalue weighted by molar-refractivity contribution is 5.80. The van der Waals surface area contributed by atoms with Crippen LogP contribution in [0, 0.1) is 11.3 Å². The molecule has 1 aromatic heterocycles. The summed E-state index contributed by atoms with van der Waals surface area (Å²) in [5.74, 6) is 0.0858. The molecule has 198 valence electrons. The average molecular weight is 513 g/mol. The minimum absolute atomic E-state index is 0.0248. The van der Waals surface area contributed by atoms with Gasteiger partial charge in [0.1, 0.15) is 0 Å². The summed E-state index contributed by atoms with van der Waals surface area (Å²) in [6.07, 6.45) is 6.63. The second-order valence-electron chi connectivity index (χ2n) is 11.4. The topological polar surface area (TPSA) is 87.5 Å². The second kappa shape index (κ2) is 10.1. The van der Waals surface area contributed by atoms with Gasteiger partial charge in [-0.3, -0.25) is 14.2 Å². The van der Waals surface area contributed by atoms with Crippen LogP contribution in [0.2, 0.25) is 0 Å². The maximum absolute atomic E-state index is 13.9. The highest BCUT2D eigenvalue weighted by atomic mass is 16.3. The van der Waals surface area contributed by atoms with Gasteiger partial charge in [-0.05, 0) is 37.8 Å². The van der Waals surface area contributed by atoms with E-state index in [0.717, 1.165) is 49.8 Å². The van der Waals surface area contributed by atoms with Crippen molar-refractivity contribution >= 4 is 5.91 Å². The molecule has 7 heteroatoms. The number of nitrogens with zero attached hydrogens (tertiary/aromatic N) is 3. The first-order valence-corrected chi connectivity index (χ1v) is 13.9. The SMILES string of the molecule is O=C(C1CCNC1c1ccccc1)N1CC[C@@](O)(Cn2cnc(-c3ccccc3)cc2=O)C2(CCCC2)C1. The fourth-order valence-corrected chi connectivity index (χ4v) is 7.09. The van der Waals surface area contributed by atoms with Crippen LogP contribution in [0.4, 0.5) is 0 Å². The monoisotopic (exact) mass is 512 g/mol. The van der Waals surface area contributed by atoms with E-state index < -0.39 is 11.0 Å². The Morgan fingerprint density at radius 2 is 1.74 bits per heavy atom. The molecule has 2 N–H and O–H groups in total. The molecule has 38 heavy (non-hydrogen) atoms. The highest BCUT2D eigenvalue weighted by Gasteiger charge is 2.56. The van der Waals surface area contributed by atoms with Gasteiger partial charge in [0.25, 0.3) is 5.56 Å². The molecule has 2 aliphatic heterocycles. The molecule has 0 bridgehead atoms. The zero-order chi connectivity index (χ0) is 26.2. The molecule has 3 atom stereocenters. The molecule has 1 saturated carbocycles. The van der Waals surface area contributed by atoms with E-state index in [4.69, 9.17) is 0 Å². The number of hydrogen-bond acceptors (Lipinski definition) is 5. The van der Waals surface area contributed by atoms with E-state index in [9.17, 15) is 14.7 Å². The molecule has 3 fully saturated rings. The molecule has 1 amide bonds. The number of aliphatic hydroxyl groups is 1. The number of nitrogens with one attached hydrogen (secondary N) is 1. The van der Waals surface area contributed by atoms with Gasteiger partial charge in [0.2, 0.25) is 5.91 Å². The number of rotatable bonds is 5. The van der Waals surface area contributed by atoms with Crippen LogP contribution in [0.3, 0.4) is 0 Å². The lowest BCUT2D eigenvalue weighted by atomic mass is 9.65. The largest absolute Gasteiger partial charge is 0.387 e. The number of amides is 1. The quantitative estimate of drug-likeness (QED) is 0.543. The van der Waals surface area contributed by atoms with E-state index in [1.807, 2.05) is 53.4 Å². The number of aromatic nitrogens is 2. The highest BCUT2D eigenvalue weighted by Crippen LogP contribution is 2.52. The lowest BCUT2D eigenvalue weighted by Gasteiger charge is -2.52. The first-order valence-electron chi connectivity index (χ1n) is 13.9. The Bertz CT molecular complexity index is 1340. The summed E-state index contributed by atoms with van der Waals surface area (Å²) in [5, 5.41) is 15.7. The minimum atomic E-state index is -1.06. The predicted molar refractivity (Wildman–Crippen MR) is 146 cm³/mol. The average Bonchev–Trinajstić information content (AvgIpc) is 3.63. The van der Waals surface area contributed by atoms with Gasteiger partial charge in [-0.1, -0.05) is 73.5 Å².